The van der Waals surface area contributed by atoms with Crippen LogP contribution in [-0.4, -0.2) is 49.4 Å². The topological polar surface area (TPSA) is 59.8 Å². The average Bonchev–Trinajstić information content (AvgIpc) is 2.73. The van der Waals surface area contributed by atoms with Gasteiger partial charge >= 0.3 is 7.12 Å². The zero-order valence-corrected chi connectivity index (χ0v) is 15.6. The minimum Gasteiger partial charge on any atom is -0.399 e. The van der Waals surface area contributed by atoms with E-state index in [9.17, 15) is 0 Å². The monoisotopic (exact) mass is 331 g/mol. The summed E-state index contributed by atoms with van der Waals surface area (Å²) in [7, 11) is -0.361. The van der Waals surface area contributed by atoms with E-state index in [1.165, 1.54) is 5.56 Å². The molecule has 1 aromatic carbocycles. The van der Waals surface area contributed by atoms with E-state index in [-0.39, 0.29) is 18.3 Å². The summed E-state index contributed by atoms with van der Waals surface area (Å²) in [5.74, 6) is 0. The largest absolute Gasteiger partial charge is 0.494 e. The van der Waals surface area contributed by atoms with Crippen LogP contribution in [0.1, 0.15) is 38.8 Å². The average molecular weight is 331 g/mol. The van der Waals surface area contributed by atoms with Gasteiger partial charge in [0.05, 0.1) is 11.2 Å². The standard InChI is InChI=1S/C18H30BN3O2/c1-13-14(12-22-8-6-21-7-9-22)10-15(11-16(13)20)19-23-17(2,3)18(4,5)24-19/h10-11,21H,6-9,12,20H2,1-5H3. The number of hydrogen-bond acceptors (Lipinski definition) is 5. The van der Waals surface area contributed by atoms with Crippen molar-refractivity contribution >= 4 is 18.3 Å². The van der Waals surface area contributed by atoms with Gasteiger partial charge in [-0.3, -0.25) is 4.90 Å². The molecule has 0 amide bonds. The van der Waals surface area contributed by atoms with Crippen LogP contribution >= 0.6 is 0 Å². The van der Waals surface area contributed by atoms with Crippen molar-refractivity contribution in [1.29, 1.82) is 0 Å². The van der Waals surface area contributed by atoms with Gasteiger partial charge in [0.2, 0.25) is 0 Å². The van der Waals surface area contributed by atoms with Crippen molar-refractivity contribution in [2.24, 2.45) is 0 Å². The van der Waals surface area contributed by atoms with Crippen LogP contribution in [0.5, 0.6) is 0 Å². The quantitative estimate of drug-likeness (QED) is 0.645. The smallest absolute Gasteiger partial charge is 0.399 e. The Hall–Kier alpha value is -1.08. The third-order valence-corrected chi connectivity index (χ3v) is 5.71. The number of nitrogens with two attached hydrogens (primary N) is 1. The van der Waals surface area contributed by atoms with Crippen LogP contribution in [0.4, 0.5) is 5.69 Å². The Balaban J connectivity index is 1.85. The minimum absolute atomic E-state index is 0.337. The molecule has 3 rings (SSSR count). The summed E-state index contributed by atoms with van der Waals surface area (Å²) in [5.41, 5.74) is 9.87. The lowest BCUT2D eigenvalue weighted by Crippen LogP contribution is -2.43. The molecular weight excluding hydrogens is 301 g/mol. The molecule has 2 saturated heterocycles. The Labute approximate surface area is 146 Å². The molecule has 2 aliphatic rings. The summed E-state index contributed by atoms with van der Waals surface area (Å²) in [5, 5.41) is 3.39. The first kappa shape index (κ1) is 17.7. The summed E-state index contributed by atoms with van der Waals surface area (Å²) >= 11 is 0. The zero-order valence-electron chi connectivity index (χ0n) is 15.6. The normalized spacial score (nSPS) is 23.6. The van der Waals surface area contributed by atoms with Crippen molar-refractivity contribution in [2.45, 2.75) is 52.4 Å². The van der Waals surface area contributed by atoms with Crippen LogP contribution in [0, 0.1) is 6.92 Å². The van der Waals surface area contributed by atoms with Crippen molar-refractivity contribution in [3.05, 3.63) is 23.3 Å². The first-order valence-electron chi connectivity index (χ1n) is 8.87. The number of benzene rings is 1. The fraction of sp³-hybridized carbons (Fsp3) is 0.667. The number of rotatable bonds is 3. The third-order valence-electron chi connectivity index (χ3n) is 5.71. The molecule has 2 aliphatic heterocycles. The van der Waals surface area contributed by atoms with Gasteiger partial charge in [-0.25, -0.2) is 0 Å². The maximum absolute atomic E-state index is 6.29. The summed E-state index contributed by atoms with van der Waals surface area (Å²) in [6.45, 7) is 15.6. The number of nitrogens with zero attached hydrogens (tertiary/aromatic N) is 1. The molecule has 0 atom stereocenters. The van der Waals surface area contributed by atoms with E-state index in [1.807, 2.05) is 6.07 Å². The van der Waals surface area contributed by atoms with Crippen LogP contribution in [-0.2, 0) is 15.9 Å². The van der Waals surface area contributed by atoms with E-state index in [4.69, 9.17) is 15.0 Å². The Bertz CT molecular complexity index is 597. The molecule has 0 aliphatic carbocycles. The molecule has 2 heterocycles. The predicted octanol–water partition coefficient (Wildman–Crippen LogP) is 1.28. The molecule has 0 saturated carbocycles. The second kappa shape index (κ2) is 6.34. The predicted molar refractivity (Wildman–Crippen MR) is 99.5 cm³/mol. The molecule has 6 heteroatoms. The fourth-order valence-electron chi connectivity index (χ4n) is 3.21. The summed E-state index contributed by atoms with van der Waals surface area (Å²) in [6, 6.07) is 4.20. The third kappa shape index (κ3) is 3.33. The molecule has 0 spiro atoms. The van der Waals surface area contributed by atoms with Crippen LogP contribution in [0.3, 0.4) is 0 Å². The molecule has 0 radical (unpaired) electrons. The van der Waals surface area contributed by atoms with Gasteiger partial charge < -0.3 is 20.4 Å². The number of anilines is 1. The molecule has 132 valence electrons. The molecule has 0 unspecified atom stereocenters. The van der Waals surface area contributed by atoms with Gasteiger partial charge in [0, 0.05) is 38.4 Å². The van der Waals surface area contributed by atoms with Gasteiger partial charge in [-0.1, -0.05) is 6.07 Å². The van der Waals surface area contributed by atoms with E-state index in [0.717, 1.165) is 49.4 Å². The number of nitrogens with one attached hydrogen (secondary N) is 1. The molecular formula is C18H30BN3O2. The SMILES string of the molecule is Cc1c(N)cc(B2OC(C)(C)C(C)(C)O2)cc1CN1CCNCC1. The first-order valence-corrected chi connectivity index (χ1v) is 8.87. The maximum Gasteiger partial charge on any atom is 0.494 e. The molecule has 2 fully saturated rings. The fourth-order valence-corrected chi connectivity index (χ4v) is 3.21. The Morgan fingerprint density at radius 2 is 1.71 bits per heavy atom. The van der Waals surface area contributed by atoms with Gasteiger partial charge in [-0.2, -0.15) is 0 Å². The number of piperazine rings is 1. The lowest BCUT2D eigenvalue weighted by molar-refractivity contribution is 0.00578. The van der Waals surface area contributed by atoms with Crippen molar-refractivity contribution in [2.75, 3.05) is 31.9 Å². The van der Waals surface area contributed by atoms with Gasteiger partial charge in [0.25, 0.3) is 0 Å². The van der Waals surface area contributed by atoms with E-state index >= 15 is 0 Å². The number of nitrogen functional groups attached to an aromatic ring is 1. The molecule has 5 nitrogen and oxygen atoms in total. The van der Waals surface area contributed by atoms with Crippen molar-refractivity contribution < 1.29 is 9.31 Å². The zero-order chi connectivity index (χ0) is 17.5. The second-order valence-electron chi connectivity index (χ2n) is 8.01. The van der Waals surface area contributed by atoms with E-state index in [1.54, 1.807) is 0 Å². The van der Waals surface area contributed by atoms with Gasteiger partial charge in [0.1, 0.15) is 0 Å². The lowest BCUT2D eigenvalue weighted by atomic mass is 9.77. The number of hydrogen-bond donors (Lipinski definition) is 2. The highest BCUT2D eigenvalue weighted by Crippen LogP contribution is 2.36. The second-order valence-corrected chi connectivity index (χ2v) is 8.01. The Morgan fingerprint density at radius 1 is 1.12 bits per heavy atom. The highest BCUT2D eigenvalue weighted by molar-refractivity contribution is 6.62. The van der Waals surface area contributed by atoms with Crippen molar-refractivity contribution in [1.82, 2.24) is 10.2 Å². The highest BCUT2D eigenvalue weighted by atomic mass is 16.7. The van der Waals surface area contributed by atoms with Crippen LogP contribution in [0.15, 0.2) is 12.1 Å². The van der Waals surface area contributed by atoms with Crippen LogP contribution in [0.25, 0.3) is 0 Å². The Morgan fingerprint density at radius 3 is 2.29 bits per heavy atom. The van der Waals surface area contributed by atoms with Gasteiger partial charge in [0.15, 0.2) is 0 Å². The van der Waals surface area contributed by atoms with Gasteiger partial charge in [-0.05, 0) is 57.3 Å². The first-order chi connectivity index (χ1) is 11.2. The highest BCUT2D eigenvalue weighted by Gasteiger charge is 2.51. The maximum atomic E-state index is 6.29. The van der Waals surface area contributed by atoms with Crippen molar-refractivity contribution in [3.63, 3.8) is 0 Å². The van der Waals surface area contributed by atoms with Crippen molar-refractivity contribution in [3.8, 4) is 0 Å². The molecule has 0 aromatic heterocycles. The van der Waals surface area contributed by atoms with Crippen LogP contribution in [0.2, 0.25) is 0 Å². The summed E-state index contributed by atoms with van der Waals surface area (Å²) in [4.78, 5) is 2.46. The van der Waals surface area contributed by atoms with Gasteiger partial charge in [-0.15, -0.1) is 0 Å². The summed E-state index contributed by atoms with van der Waals surface area (Å²) < 4.78 is 12.4. The molecule has 24 heavy (non-hydrogen) atoms. The van der Waals surface area contributed by atoms with E-state index in [0.29, 0.717) is 0 Å². The van der Waals surface area contributed by atoms with E-state index < -0.39 is 0 Å². The Kier molecular flexibility index (Phi) is 4.68. The molecule has 0 bridgehead atoms. The summed E-state index contributed by atoms with van der Waals surface area (Å²) in [6.07, 6.45) is 0. The molecule has 3 N–H and O–H groups in total. The minimum atomic E-state index is -0.361. The van der Waals surface area contributed by atoms with E-state index in [2.05, 4.69) is 50.9 Å². The van der Waals surface area contributed by atoms with Crippen LogP contribution < -0.4 is 16.5 Å². The molecule has 1 aromatic rings. The lowest BCUT2D eigenvalue weighted by Gasteiger charge is -2.32.